The summed E-state index contributed by atoms with van der Waals surface area (Å²) in [5.74, 6) is 0.677. The molecule has 6 nitrogen and oxygen atoms in total. The molecule has 0 aliphatic heterocycles. The fourth-order valence-corrected chi connectivity index (χ4v) is 1.22. The lowest BCUT2D eigenvalue weighted by molar-refractivity contribution is -0.385. The molecule has 82 valence electrons. The summed E-state index contributed by atoms with van der Waals surface area (Å²) in [4.78, 5) is 10.2. The van der Waals surface area contributed by atoms with Gasteiger partial charge in [-0.25, -0.2) is 0 Å². The van der Waals surface area contributed by atoms with E-state index in [9.17, 15) is 10.1 Å². The number of nitro groups is 1. The molecule has 0 saturated carbocycles. The minimum absolute atomic E-state index is 0.0948. The topological polar surface area (TPSA) is 73.6 Å². The first-order chi connectivity index (χ1) is 7.13. The van der Waals surface area contributed by atoms with Crippen LogP contribution in [0.5, 0.6) is 11.5 Å². The number of hydrogen-bond acceptors (Lipinski definition) is 5. The van der Waals surface area contributed by atoms with E-state index >= 15 is 0 Å². The highest BCUT2D eigenvalue weighted by molar-refractivity contribution is 5.66. The van der Waals surface area contributed by atoms with Crippen LogP contribution in [-0.4, -0.2) is 26.2 Å². The Hall–Kier alpha value is -1.98. The smallest absolute Gasteiger partial charge is 0.313 e. The molecule has 0 saturated heterocycles. The molecule has 0 fully saturated rings. The number of ether oxygens (including phenoxy) is 2. The van der Waals surface area contributed by atoms with Gasteiger partial charge >= 0.3 is 5.69 Å². The average Bonchev–Trinajstić information content (AvgIpc) is 2.26. The molecule has 0 bridgehead atoms. The molecule has 1 aromatic rings. The van der Waals surface area contributed by atoms with Gasteiger partial charge in [0.05, 0.1) is 24.8 Å². The summed E-state index contributed by atoms with van der Waals surface area (Å²) in [6, 6.07) is 2.85. The molecule has 0 aliphatic rings. The maximum atomic E-state index is 10.7. The highest BCUT2D eigenvalue weighted by Gasteiger charge is 2.18. The summed E-state index contributed by atoms with van der Waals surface area (Å²) in [6.45, 7) is 0. The Labute approximate surface area is 87.0 Å². The lowest BCUT2D eigenvalue weighted by atomic mass is 10.2. The second-order valence-electron chi connectivity index (χ2n) is 2.73. The van der Waals surface area contributed by atoms with Gasteiger partial charge in [-0.15, -0.1) is 0 Å². The summed E-state index contributed by atoms with van der Waals surface area (Å²) in [5, 5.41) is 13.5. The lowest BCUT2D eigenvalue weighted by Gasteiger charge is -2.09. The maximum absolute atomic E-state index is 10.7. The zero-order valence-corrected chi connectivity index (χ0v) is 8.73. The Bertz CT molecular complexity index is 379. The molecular formula is C9H12N2O4. The quantitative estimate of drug-likeness (QED) is 0.606. The van der Waals surface area contributed by atoms with Crippen LogP contribution >= 0.6 is 0 Å². The van der Waals surface area contributed by atoms with Gasteiger partial charge in [0.15, 0.2) is 0 Å². The summed E-state index contributed by atoms with van der Waals surface area (Å²) in [7, 11) is 4.52. The van der Waals surface area contributed by atoms with Crippen molar-refractivity contribution in [2.24, 2.45) is 0 Å². The molecule has 1 aromatic carbocycles. The molecule has 0 aromatic heterocycles. The van der Waals surface area contributed by atoms with Crippen molar-refractivity contribution >= 4 is 11.4 Å². The number of rotatable bonds is 4. The molecule has 15 heavy (non-hydrogen) atoms. The van der Waals surface area contributed by atoms with Crippen molar-refractivity contribution in [1.29, 1.82) is 0 Å². The predicted octanol–water partition coefficient (Wildman–Crippen LogP) is 1.65. The lowest BCUT2D eigenvalue weighted by Crippen LogP contribution is -1.99. The highest BCUT2D eigenvalue weighted by atomic mass is 16.6. The molecule has 0 unspecified atom stereocenters. The minimum atomic E-state index is -0.501. The van der Waals surface area contributed by atoms with Gasteiger partial charge < -0.3 is 14.8 Å². The van der Waals surface area contributed by atoms with E-state index in [-0.39, 0.29) is 11.4 Å². The summed E-state index contributed by atoms with van der Waals surface area (Å²) in [5.41, 5.74) is 0.452. The molecule has 6 heteroatoms. The molecule has 1 N–H and O–H groups in total. The van der Waals surface area contributed by atoms with E-state index in [0.29, 0.717) is 11.4 Å². The summed E-state index contributed by atoms with van der Waals surface area (Å²) < 4.78 is 9.95. The normalized spacial score (nSPS) is 9.53. The van der Waals surface area contributed by atoms with Crippen molar-refractivity contribution in [3.63, 3.8) is 0 Å². The Morgan fingerprint density at radius 2 is 1.87 bits per heavy atom. The minimum Gasteiger partial charge on any atom is -0.494 e. The number of methoxy groups -OCH3 is 2. The van der Waals surface area contributed by atoms with E-state index in [0.717, 1.165) is 0 Å². The van der Waals surface area contributed by atoms with E-state index < -0.39 is 4.92 Å². The van der Waals surface area contributed by atoms with Crippen molar-refractivity contribution in [3.8, 4) is 11.5 Å². The molecule has 0 heterocycles. The molecule has 1 rings (SSSR count). The third-order valence-corrected chi connectivity index (χ3v) is 1.97. The van der Waals surface area contributed by atoms with Gasteiger partial charge in [0.2, 0.25) is 5.75 Å². The monoisotopic (exact) mass is 212 g/mol. The predicted molar refractivity (Wildman–Crippen MR) is 55.7 cm³/mol. The van der Waals surface area contributed by atoms with E-state index in [1.165, 1.54) is 26.4 Å². The van der Waals surface area contributed by atoms with E-state index in [2.05, 4.69) is 5.32 Å². The number of benzene rings is 1. The zero-order valence-electron chi connectivity index (χ0n) is 8.73. The van der Waals surface area contributed by atoms with E-state index in [1.54, 1.807) is 7.05 Å². The van der Waals surface area contributed by atoms with Crippen LogP contribution in [0, 0.1) is 10.1 Å². The fraction of sp³-hybridized carbons (Fsp3) is 0.333. The average molecular weight is 212 g/mol. The molecule has 0 atom stereocenters. The Kier molecular flexibility index (Phi) is 3.33. The standard InChI is InChI=1S/C9H12N2O4/c1-10-6-4-7(11(12)13)9(15-3)5-8(6)14-2/h4-5,10H,1-3H3. The van der Waals surface area contributed by atoms with Crippen molar-refractivity contribution in [2.75, 3.05) is 26.6 Å². The number of nitro benzene ring substituents is 1. The number of nitrogens with one attached hydrogen (secondary N) is 1. The van der Waals surface area contributed by atoms with Crippen LogP contribution in [-0.2, 0) is 0 Å². The first kappa shape index (κ1) is 11.1. The van der Waals surface area contributed by atoms with Crippen molar-refractivity contribution in [3.05, 3.63) is 22.2 Å². The van der Waals surface area contributed by atoms with Crippen molar-refractivity contribution in [2.45, 2.75) is 0 Å². The van der Waals surface area contributed by atoms with Gasteiger partial charge in [-0.05, 0) is 0 Å². The van der Waals surface area contributed by atoms with Crippen LogP contribution in [0.2, 0.25) is 0 Å². The summed E-state index contributed by atoms with van der Waals surface area (Å²) >= 11 is 0. The maximum Gasteiger partial charge on any atom is 0.313 e. The highest BCUT2D eigenvalue weighted by Crippen LogP contribution is 2.37. The number of nitrogens with zero attached hydrogens (tertiary/aromatic N) is 1. The first-order valence-electron chi connectivity index (χ1n) is 4.22. The van der Waals surface area contributed by atoms with Gasteiger partial charge in [-0.3, -0.25) is 10.1 Å². The Balaban J connectivity index is 3.34. The third kappa shape index (κ3) is 2.09. The van der Waals surface area contributed by atoms with Crippen LogP contribution in [0.1, 0.15) is 0 Å². The van der Waals surface area contributed by atoms with Crippen LogP contribution in [0.15, 0.2) is 12.1 Å². The van der Waals surface area contributed by atoms with Gasteiger partial charge in [-0.2, -0.15) is 0 Å². The second-order valence-corrected chi connectivity index (χ2v) is 2.73. The van der Waals surface area contributed by atoms with Crippen LogP contribution < -0.4 is 14.8 Å². The van der Waals surface area contributed by atoms with Gasteiger partial charge in [0.25, 0.3) is 0 Å². The zero-order chi connectivity index (χ0) is 11.4. The SMILES string of the molecule is CNc1cc([N+](=O)[O-])c(OC)cc1OC. The molecule has 0 aliphatic carbocycles. The number of hydrogen-bond donors (Lipinski definition) is 1. The van der Waals surface area contributed by atoms with E-state index in [1.807, 2.05) is 0 Å². The van der Waals surface area contributed by atoms with Crippen molar-refractivity contribution < 1.29 is 14.4 Å². The van der Waals surface area contributed by atoms with Gasteiger partial charge in [0.1, 0.15) is 5.75 Å². The first-order valence-corrected chi connectivity index (χ1v) is 4.22. The summed E-state index contributed by atoms with van der Waals surface area (Å²) in [6.07, 6.45) is 0. The van der Waals surface area contributed by atoms with Crippen molar-refractivity contribution in [1.82, 2.24) is 0 Å². The van der Waals surface area contributed by atoms with E-state index in [4.69, 9.17) is 9.47 Å². The fourth-order valence-electron chi connectivity index (χ4n) is 1.22. The Morgan fingerprint density at radius 1 is 1.27 bits per heavy atom. The third-order valence-electron chi connectivity index (χ3n) is 1.97. The largest absolute Gasteiger partial charge is 0.494 e. The molecular weight excluding hydrogens is 200 g/mol. The van der Waals surface area contributed by atoms with Gasteiger partial charge in [0, 0.05) is 19.2 Å². The Morgan fingerprint density at radius 3 is 2.27 bits per heavy atom. The van der Waals surface area contributed by atoms with Crippen LogP contribution in [0.4, 0.5) is 11.4 Å². The van der Waals surface area contributed by atoms with Gasteiger partial charge in [-0.1, -0.05) is 0 Å². The second kappa shape index (κ2) is 4.50. The molecule has 0 amide bonds. The van der Waals surface area contributed by atoms with Crippen LogP contribution in [0.25, 0.3) is 0 Å². The number of anilines is 1. The molecule has 0 radical (unpaired) electrons. The van der Waals surface area contributed by atoms with Crippen LogP contribution in [0.3, 0.4) is 0 Å². The molecule has 0 spiro atoms.